The topological polar surface area (TPSA) is 57.7 Å². The number of hydrogen-bond donors (Lipinski definition) is 0. The number of aryl methyl sites for hydroxylation is 3. The first-order valence-corrected chi connectivity index (χ1v) is 11.3. The highest BCUT2D eigenvalue weighted by Gasteiger charge is 2.27. The van der Waals surface area contributed by atoms with Gasteiger partial charge < -0.3 is 4.90 Å². The molecule has 1 aliphatic heterocycles. The summed E-state index contributed by atoms with van der Waals surface area (Å²) in [6.45, 7) is 8.94. The molecule has 0 radical (unpaired) electrons. The van der Waals surface area contributed by atoms with Crippen molar-refractivity contribution in [3.8, 4) is 0 Å². The second kappa shape index (κ2) is 8.42. The molecule has 0 bridgehead atoms. The summed E-state index contributed by atoms with van der Waals surface area (Å²) in [5, 5.41) is 0. The quantitative estimate of drug-likeness (QED) is 0.758. The van der Waals surface area contributed by atoms with E-state index in [0.29, 0.717) is 11.7 Å². The van der Waals surface area contributed by atoms with Crippen molar-refractivity contribution < 1.29 is 13.2 Å². The summed E-state index contributed by atoms with van der Waals surface area (Å²) in [5.41, 5.74) is 3.65. The number of benzene rings is 1. The molecule has 1 aromatic rings. The third-order valence-electron chi connectivity index (χ3n) is 5.23. The van der Waals surface area contributed by atoms with Crippen LogP contribution < -0.4 is 4.31 Å². The maximum absolute atomic E-state index is 12.8. The van der Waals surface area contributed by atoms with Crippen molar-refractivity contribution in [1.29, 1.82) is 0 Å². The van der Waals surface area contributed by atoms with E-state index in [1.807, 2.05) is 37.8 Å². The summed E-state index contributed by atoms with van der Waals surface area (Å²) in [4.78, 5) is 14.7. The SMILES string of the molecule is CCC1CCCCN1C(=O)CCN(c1c(C)cc(C)cc1C)S(C)(=O)=O. The molecule has 0 saturated carbocycles. The van der Waals surface area contributed by atoms with Gasteiger partial charge in [0, 0.05) is 25.6 Å². The molecule has 0 spiro atoms. The van der Waals surface area contributed by atoms with Crippen LogP contribution in [0.15, 0.2) is 12.1 Å². The van der Waals surface area contributed by atoms with Crippen LogP contribution in [0.5, 0.6) is 0 Å². The smallest absolute Gasteiger partial charge is 0.232 e. The Hall–Kier alpha value is -1.56. The minimum absolute atomic E-state index is 0.0626. The Morgan fingerprint density at radius 1 is 1.19 bits per heavy atom. The number of carbonyl (C=O) groups is 1. The van der Waals surface area contributed by atoms with E-state index in [4.69, 9.17) is 0 Å². The first kappa shape index (κ1) is 20.7. The normalized spacial score (nSPS) is 18.0. The molecule has 146 valence electrons. The molecule has 1 unspecified atom stereocenters. The van der Waals surface area contributed by atoms with Crippen LogP contribution in [0.25, 0.3) is 0 Å². The van der Waals surface area contributed by atoms with Crippen LogP contribution in [-0.4, -0.2) is 44.6 Å². The fourth-order valence-electron chi connectivity index (χ4n) is 4.10. The van der Waals surface area contributed by atoms with Gasteiger partial charge >= 0.3 is 0 Å². The number of anilines is 1. The molecule has 1 aromatic carbocycles. The van der Waals surface area contributed by atoms with Gasteiger partial charge in [0.1, 0.15) is 0 Å². The molecule has 6 heteroatoms. The zero-order chi connectivity index (χ0) is 19.5. The molecule has 1 amide bonds. The molecule has 26 heavy (non-hydrogen) atoms. The molecule has 0 N–H and O–H groups in total. The van der Waals surface area contributed by atoms with Crippen molar-refractivity contribution in [3.05, 3.63) is 28.8 Å². The Kier molecular flexibility index (Phi) is 6.72. The summed E-state index contributed by atoms with van der Waals surface area (Å²) in [5.74, 6) is 0.0626. The van der Waals surface area contributed by atoms with Crippen LogP contribution in [0.2, 0.25) is 0 Å². The van der Waals surface area contributed by atoms with Crippen LogP contribution in [0.4, 0.5) is 5.69 Å². The molecule has 1 heterocycles. The van der Waals surface area contributed by atoms with Gasteiger partial charge in [0.15, 0.2) is 0 Å². The Labute approximate surface area is 158 Å². The Morgan fingerprint density at radius 3 is 2.35 bits per heavy atom. The largest absolute Gasteiger partial charge is 0.340 e. The fraction of sp³-hybridized carbons (Fsp3) is 0.650. The van der Waals surface area contributed by atoms with E-state index in [0.717, 1.165) is 42.5 Å². The van der Waals surface area contributed by atoms with Gasteiger partial charge in [-0.25, -0.2) is 8.42 Å². The van der Waals surface area contributed by atoms with Crippen molar-refractivity contribution in [2.45, 2.75) is 65.8 Å². The number of sulfonamides is 1. The van der Waals surface area contributed by atoms with Crippen LogP contribution >= 0.6 is 0 Å². The highest BCUT2D eigenvalue weighted by Crippen LogP contribution is 2.29. The van der Waals surface area contributed by atoms with Crippen molar-refractivity contribution in [2.24, 2.45) is 0 Å². The first-order valence-electron chi connectivity index (χ1n) is 9.50. The summed E-state index contributed by atoms with van der Waals surface area (Å²) in [6.07, 6.45) is 5.64. The maximum atomic E-state index is 12.8. The average Bonchev–Trinajstić information content (AvgIpc) is 2.55. The minimum atomic E-state index is -3.46. The second-order valence-corrected chi connectivity index (χ2v) is 9.38. The number of amides is 1. The van der Waals surface area contributed by atoms with Gasteiger partial charge in [-0.1, -0.05) is 24.6 Å². The van der Waals surface area contributed by atoms with Crippen molar-refractivity contribution in [2.75, 3.05) is 23.7 Å². The van der Waals surface area contributed by atoms with Gasteiger partial charge in [0.2, 0.25) is 15.9 Å². The molecule has 2 rings (SSSR count). The van der Waals surface area contributed by atoms with Gasteiger partial charge in [0.25, 0.3) is 0 Å². The van der Waals surface area contributed by atoms with E-state index in [-0.39, 0.29) is 18.9 Å². The average molecular weight is 381 g/mol. The predicted octanol–water partition coefficient (Wildman–Crippen LogP) is 3.56. The molecule has 1 saturated heterocycles. The number of rotatable bonds is 6. The number of hydrogen-bond acceptors (Lipinski definition) is 3. The Bertz CT molecular complexity index is 735. The summed E-state index contributed by atoms with van der Waals surface area (Å²) < 4.78 is 26.3. The molecule has 1 fully saturated rings. The molecule has 0 aliphatic carbocycles. The number of nitrogens with zero attached hydrogens (tertiary/aromatic N) is 2. The molecule has 1 aliphatic rings. The van der Waals surface area contributed by atoms with Crippen LogP contribution in [0, 0.1) is 20.8 Å². The predicted molar refractivity (Wildman–Crippen MR) is 107 cm³/mol. The first-order chi connectivity index (χ1) is 12.1. The standard InChI is InChI=1S/C20H32N2O3S/c1-6-18-9-7-8-11-21(18)19(23)10-12-22(26(5,24)25)20-16(3)13-15(2)14-17(20)4/h13-14,18H,6-12H2,1-5H3. The van der Waals surface area contributed by atoms with E-state index in [9.17, 15) is 13.2 Å². The third kappa shape index (κ3) is 4.78. The lowest BCUT2D eigenvalue weighted by Crippen LogP contribution is -2.45. The molecule has 1 atom stereocenters. The summed E-state index contributed by atoms with van der Waals surface area (Å²) in [6, 6.07) is 4.27. The summed E-state index contributed by atoms with van der Waals surface area (Å²) >= 11 is 0. The van der Waals surface area contributed by atoms with Gasteiger partial charge in [0.05, 0.1) is 11.9 Å². The van der Waals surface area contributed by atoms with Crippen LogP contribution in [0.3, 0.4) is 0 Å². The van der Waals surface area contributed by atoms with E-state index >= 15 is 0 Å². The number of carbonyl (C=O) groups excluding carboxylic acids is 1. The van der Waals surface area contributed by atoms with Gasteiger partial charge in [-0.3, -0.25) is 9.10 Å². The fourth-order valence-corrected chi connectivity index (χ4v) is 5.15. The van der Waals surface area contributed by atoms with E-state index in [1.54, 1.807) is 0 Å². The third-order valence-corrected chi connectivity index (χ3v) is 6.40. The van der Waals surface area contributed by atoms with E-state index < -0.39 is 10.0 Å². The maximum Gasteiger partial charge on any atom is 0.232 e. The van der Waals surface area contributed by atoms with Gasteiger partial charge in [-0.05, 0) is 57.6 Å². The van der Waals surface area contributed by atoms with E-state index in [1.165, 1.54) is 17.0 Å². The highest BCUT2D eigenvalue weighted by molar-refractivity contribution is 7.92. The molecule has 5 nitrogen and oxygen atoms in total. The van der Waals surface area contributed by atoms with Crippen LogP contribution in [-0.2, 0) is 14.8 Å². The van der Waals surface area contributed by atoms with Crippen molar-refractivity contribution in [3.63, 3.8) is 0 Å². The van der Waals surface area contributed by atoms with Crippen molar-refractivity contribution >= 4 is 21.6 Å². The zero-order valence-corrected chi connectivity index (χ0v) is 17.5. The van der Waals surface area contributed by atoms with Gasteiger partial charge in [-0.2, -0.15) is 0 Å². The van der Waals surface area contributed by atoms with Crippen LogP contribution in [0.1, 0.15) is 55.7 Å². The minimum Gasteiger partial charge on any atom is -0.340 e. The number of piperidine rings is 1. The number of likely N-dealkylation sites (tertiary alicyclic amines) is 1. The Morgan fingerprint density at radius 2 is 1.81 bits per heavy atom. The molecular weight excluding hydrogens is 348 g/mol. The second-order valence-electron chi connectivity index (χ2n) is 7.48. The lowest BCUT2D eigenvalue weighted by atomic mass is 9.99. The lowest BCUT2D eigenvalue weighted by Gasteiger charge is -2.36. The molecule has 0 aromatic heterocycles. The van der Waals surface area contributed by atoms with Gasteiger partial charge in [-0.15, -0.1) is 0 Å². The Balaban J connectivity index is 2.21. The summed E-state index contributed by atoms with van der Waals surface area (Å²) in [7, 11) is -3.46. The van der Waals surface area contributed by atoms with E-state index in [2.05, 4.69) is 6.92 Å². The lowest BCUT2D eigenvalue weighted by molar-refractivity contribution is -0.134. The highest BCUT2D eigenvalue weighted by atomic mass is 32.2. The molecular formula is C20H32N2O3S. The zero-order valence-electron chi connectivity index (χ0n) is 16.7. The van der Waals surface area contributed by atoms with Crippen molar-refractivity contribution in [1.82, 2.24) is 4.90 Å². The monoisotopic (exact) mass is 380 g/mol.